The average molecular weight is 461 g/mol. The summed E-state index contributed by atoms with van der Waals surface area (Å²) in [5.41, 5.74) is 3.19. The third-order valence-electron chi connectivity index (χ3n) is 3.67. The summed E-state index contributed by atoms with van der Waals surface area (Å²) in [7, 11) is 0. The number of carbonyl (C=O) groups is 1. The van der Waals surface area contributed by atoms with Gasteiger partial charge in [0.1, 0.15) is 5.69 Å². The number of amides is 1. The van der Waals surface area contributed by atoms with Crippen LogP contribution in [0.2, 0.25) is 0 Å². The maximum Gasteiger partial charge on any atom is 0.232 e. The Hall–Kier alpha value is -2.26. The van der Waals surface area contributed by atoms with E-state index in [1.54, 1.807) is 0 Å². The molecular weight excluding hydrogens is 449 g/mol. The summed E-state index contributed by atoms with van der Waals surface area (Å²) < 4.78 is 6.40. The fourth-order valence-corrected chi connectivity index (χ4v) is 3.56. The maximum absolute atomic E-state index is 12.3. The number of halogens is 1. The van der Waals surface area contributed by atoms with Gasteiger partial charge in [0, 0.05) is 19.9 Å². The van der Waals surface area contributed by atoms with Gasteiger partial charge in [0.05, 0.1) is 12.1 Å². The number of aromatic nitrogens is 2. The third-order valence-corrected chi connectivity index (χ3v) is 5.15. The van der Waals surface area contributed by atoms with Crippen LogP contribution in [0.3, 0.4) is 0 Å². The molecule has 0 atom stereocenters. The summed E-state index contributed by atoms with van der Waals surface area (Å²) in [6.07, 6.45) is 0.148. The predicted molar refractivity (Wildman–Crippen MR) is 107 cm³/mol. The Morgan fingerprint density at radius 2 is 1.96 bits per heavy atom. The van der Waals surface area contributed by atoms with Crippen LogP contribution in [0.15, 0.2) is 58.4 Å². The van der Waals surface area contributed by atoms with Gasteiger partial charge >= 0.3 is 0 Å². The molecule has 7 heteroatoms. The fraction of sp³-hybridized carbons (Fsp3) is 0.0556. The normalized spacial score (nSPS) is 10.9. The molecule has 0 aliphatic rings. The lowest BCUT2D eigenvalue weighted by Gasteiger charge is -2.00. The molecule has 4 aromatic rings. The second-order valence-electron chi connectivity index (χ2n) is 5.40. The van der Waals surface area contributed by atoms with Gasteiger partial charge in [-0.15, -0.1) is 11.3 Å². The first-order valence-electron chi connectivity index (χ1n) is 7.53. The summed E-state index contributed by atoms with van der Waals surface area (Å²) in [6.45, 7) is 0. The van der Waals surface area contributed by atoms with E-state index >= 15 is 0 Å². The molecule has 5 nitrogen and oxygen atoms in total. The standard InChI is InChI=1S/C18H12IN3O2S/c19-12-7-5-11(6-8-12)15-10-25-18(20-15)21-17(23)9-14-13-3-1-2-4-16(13)24-22-14/h1-8,10H,9H2,(H,20,21,23). The monoisotopic (exact) mass is 461 g/mol. The predicted octanol–water partition coefficient (Wildman–Crippen LogP) is 4.74. The number of benzene rings is 2. The van der Waals surface area contributed by atoms with Crippen molar-refractivity contribution in [1.82, 2.24) is 10.1 Å². The molecule has 25 heavy (non-hydrogen) atoms. The first kappa shape index (κ1) is 16.2. The molecule has 0 aliphatic carbocycles. The first-order valence-corrected chi connectivity index (χ1v) is 9.49. The molecule has 124 valence electrons. The van der Waals surface area contributed by atoms with Gasteiger partial charge in [-0.2, -0.15) is 0 Å². The molecule has 1 amide bonds. The summed E-state index contributed by atoms with van der Waals surface area (Å²) in [6, 6.07) is 15.6. The lowest BCUT2D eigenvalue weighted by molar-refractivity contribution is -0.115. The number of carbonyl (C=O) groups excluding carboxylic acids is 1. The van der Waals surface area contributed by atoms with Crippen molar-refractivity contribution in [3.63, 3.8) is 0 Å². The number of thiazole rings is 1. The van der Waals surface area contributed by atoms with Crippen molar-refractivity contribution < 1.29 is 9.32 Å². The van der Waals surface area contributed by atoms with E-state index in [2.05, 4.69) is 38.0 Å². The molecule has 0 radical (unpaired) electrons. The highest BCUT2D eigenvalue weighted by Crippen LogP contribution is 2.26. The largest absolute Gasteiger partial charge is 0.356 e. The van der Waals surface area contributed by atoms with Crippen molar-refractivity contribution in [3.8, 4) is 11.3 Å². The average Bonchev–Trinajstić information content (AvgIpc) is 3.23. The number of rotatable bonds is 4. The molecule has 0 fully saturated rings. The third kappa shape index (κ3) is 3.57. The topological polar surface area (TPSA) is 68.0 Å². The minimum absolute atomic E-state index is 0.148. The van der Waals surface area contributed by atoms with Crippen LogP contribution < -0.4 is 5.32 Å². The molecule has 2 aromatic heterocycles. The van der Waals surface area contributed by atoms with E-state index in [-0.39, 0.29) is 12.3 Å². The van der Waals surface area contributed by atoms with Crippen LogP contribution in [-0.2, 0) is 11.2 Å². The van der Waals surface area contributed by atoms with E-state index in [1.807, 2.05) is 53.9 Å². The Balaban J connectivity index is 1.47. The maximum atomic E-state index is 12.3. The quantitative estimate of drug-likeness (QED) is 0.446. The number of fused-ring (bicyclic) bond motifs is 1. The van der Waals surface area contributed by atoms with Gasteiger partial charge in [0.15, 0.2) is 10.7 Å². The van der Waals surface area contributed by atoms with Crippen LogP contribution in [0, 0.1) is 3.57 Å². The Kier molecular flexibility index (Phi) is 4.50. The molecule has 2 heterocycles. The number of nitrogens with one attached hydrogen (secondary N) is 1. The Morgan fingerprint density at radius 1 is 1.16 bits per heavy atom. The summed E-state index contributed by atoms with van der Waals surface area (Å²) in [4.78, 5) is 16.8. The number of anilines is 1. The first-order chi connectivity index (χ1) is 12.2. The van der Waals surface area contributed by atoms with Crippen molar-refractivity contribution in [1.29, 1.82) is 0 Å². The zero-order valence-corrected chi connectivity index (χ0v) is 15.9. The summed E-state index contributed by atoms with van der Waals surface area (Å²) in [5, 5.41) is 10.2. The van der Waals surface area contributed by atoms with Crippen LogP contribution >= 0.6 is 33.9 Å². The van der Waals surface area contributed by atoms with Crippen LogP contribution in [0.5, 0.6) is 0 Å². The number of nitrogens with zero attached hydrogens (tertiary/aromatic N) is 2. The SMILES string of the molecule is O=C(Cc1noc2ccccc12)Nc1nc(-c2ccc(I)cc2)cs1. The van der Waals surface area contributed by atoms with Crippen LogP contribution in [-0.4, -0.2) is 16.0 Å². The van der Waals surface area contributed by atoms with Gasteiger partial charge in [0.25, 0.3) is 0 Å². The lowest BCUT2D eigenvalue weighted by atomic mass is 10.2. The van der Waals surface area contributed by atoms with Crippen molar-refractivity contribution in [2.45, 2.75) is 6.42 Å². The van der Waals surface area contributed by atoms with E-state index in [1.165, 1.54) is 14.9 Å². The van der Waals surface area contributed by atoms with E-state index in [4.69, 9.17) is 4.52 Å². The molecular formula is C18H12IN3O2S. The minimum atomic E-state index is -0.164. The molecule has 1 N–H and O–H groups in total. The molecule has 0 saturated carbocycles. The summed E-state index contributed by atoms with van der Waals surface area (Å²) >= 11 is 3.67. The van der Waals surface area contributed by atoms with Gasteiger partial charge < -0.3 is 9.84 Å². The molecule has 0 spiro atoms. The van der Waals surface area contributed by atoms with Crippen molar-refractivity contribution in [2.75, 3.05) is 5.32 Å². The van der Waals surface area contributed by atoms with Crippen LogP contribution in [0.1, 0.15) is 5.69 Å². The van der Waals surface area contributed by atoms with E-state index in [0.717, 1.165) is 16.6 Å². The highest BCUT2D eigenvalue weighted by molar-refractivity contribution is 14.1. The van der Waals surface area contributed by atoms with E-state index in [9.17, 15) is 4.79 Å². The van der Waals surface area contributed by atoms with E-state index in [0.29, 0.717) is 16.4 Å². The van der Waals surface area contributed by atoms with Gasteiger partial charge in [-0.3, -0.25) is 4.79 Å². The number of hydrogen-bond donors (Lipinski definition) is 1. The fourth-order valence-electron chi connectivity index (χ4n) is 2.47. The van der Waals surface area contributed by atoms with Crippen molar-refractivity contribution in [3.05, 3.63) is 63.2 Å². The lowest BCUT2D eigenvalue weighted by Crippen LogP contribution is -2.14. The zero-order chi connectivity index (χ0) is 17.2. The number of para-hydroxylation sites is 1. The van der Waals surface area contributed by atoms with Crippen molar-refractivity contribution in [2.24, 2.45) is 0 Å². The van der Waals surface area contributed by atoms with Gasteiger partial charge in [-0.05, 0) is 46.9 Å². The smallest absolute Gasteiger partial charge is 0.232 e. The highest BCUT2D eigenvalue weighted by Gasteiger charge is 2.13. The van der Waals surface area contributed by atoms with Crippen molar-refractivity contribution >= 4 is 55.9 Å². The highest BCUT2D eigenvalue weighted by atomic mass is 127. The number of hydrogen-bond acceptors (Lipinski definition) is 5. The van der Waals surface area contributed by atoms with Crippen LogP contribution in [0.4, 0.5) is 5.13 Å². The van der Waals surface area contributed by atoms with E-state index < -0.39 is 0 Å². The van der Waals surface area contributed by atoms with Gasteiger partial charge in [0.2, 0.25) is 5.91 Å². The Labute approximate surface area is 161 Å². The molecule has 0 saturated heterocycles. The molecule has 0 bridgehead atoms. The second-order valence-corrected chi connectivity index (χ2v) is 7.50. The van der Waals surface area contributed by atoms with Crippen LogP contribution in [0.25, 0.3) is 22.2 Å². The minimum Gasteiger partial charge on any atom is -0.356 e. The Bertz CT molecular complexity index is 1040. The van der Waals surface area contributed by atoms with Gasteiger partial charge in [-0.1, -0.05) is 29.4 Å². The zero-order valence-electron chi connectivity index (χ0n) is 12.9. The summed E-state index contributed by atoms with van der Waals surface area (Å²) in [5.74, 6) is -0.164. The van der Waals surface area contributed by atoms with Gasteiger partial charge in [-0.25, -0.2) is 4.98 Å². The molecule has 0 unspecified atom stereocenters. The Morgan fingerprint density at radius 3 is 2.80 bits per heavy atom. The molecule has 2 aromatic carbocycles. The molecule has 4 rings (SSSR count). The molecule has 0 aliphatic heterocycles. The second kappa shape index (κ2) is 6.93.